The van der Waals surface area contributed by atoms with Crippen molar-refractivity contribution in [3.8, 4) is 18.1 Å². The van der Waals surface area contributed by atoms with Crippen LogP contribution >= 0.6 is 0 Å². The molecule has 0 amide bonds. The van der Waals surface area contributed by atoms with E-state index in [4.69, 9.17) is 11.2 Å². The lowest BCUT2D eigenvalue weighted by Gasteiger charge is -2.07. The lowest BCUT2D eigenvalue weighted by molar-refractivity contribution is 0.414. The van der Waals surface area contributed by atoms with Crippen molar-refractivity contribution in [1.82, 2.24) is 5.32 Å². The third-order valence-electron chi connectivity index (χ3n) is 2.27. The van der Waals surface area contributed by atoms with Gasteiger partial charge in [-0.15, -0.1) is 6.42 Å². The van der Waals surface area contributed by atoms with Crippen LogP contribution in [0.15, 0.2) is 24.3 Å². The summed E-state index contributed by atoms with van der Waals surface area (Å²) in [6.45, 7) is 2.88. The molecule has 1 unspecified atom stereocenters. The van der Waals surface area contributed by atoms with Gasteiger partial charge in [-0.25, -0.2) is 0 Å². The molecule has 0 radical (unpaired) electrons. The molecular weight excluding hydrogens is 186 g/mol. The quantitative estimate of drug-likeness (QED) is 0.737. The van der Waals surface area contributed by atoms with Gasteiger partial charge in [0, 0.05) is 6.54 Å². The number of rotatable bonds is 5. The van der Waals surface area contributed by atoms with Crippen molar-refractivity contribution in [2.24, 2.45) is 0 Å². The monoisotopic (exact) mass is 203 g/mol. The Morgan fingerprint density at radius 1 is 1.40 bits per heavy atom. The van der Waals surface area contributed by atoms with E-state index in [2.05, 4.69) is 23.4 Å². The standard InChI is InChI=1S/C13H17NO/c1-4-11(2)14-10-9-12-5-7-13(15-3)8-6-12/h1,5-8,11,14H,9-10H2,2-3H3. The van der Waals surface area contributed by atoms with Crippen LogP contribution in [-0.4, -0.2) is 19.7 Å². The van der Waals surface area contributed by atoms with Crippen LogP contribution in [0, 0.1) is 12.3 Å². The fourth-order valence-electron chi connectivity index (χ4n) is 1.28. The van der Waals surface area contributed by atoms with Crippen molar-refractivity contribution in [1.29, 1.82) is 0 Å². The Morgan fingerprint density at radius 2 is 2.07 bits per heavy atom. The topological polar surface area (TPSA) is 21.3 Å². The minimum atomic E-state index is 0.142. The number of nitrogens with one attached hydrogen (secondary N) is 1. The fourth-order valence-corrected chi connectivity index (χ4v) is 1.28. The molecule has 1 aromatic rings. The molecule has 1 aromatic carbocycles. The maximum Gasteiger partial charge on any atom is 0.118 e. The SMILES string of the molecule is C#CC(C)NCCc1ccc(OC)cc1. The summed E-state index contributed by atoms with van der Waals surface area (Å²) in [6.07, 6.45) is 6.24. The molecule has 1 rings (SSSR count). The van der Waals surface area contributed by atoms with E-state index in [9.17, 15) is 0 Å². The Hall–Kier alpha value is -1.46. The van der Waals surface area contributed by atoms with Gasteiger partial charge in [-0.1, -0.05) is 18.1 Å². The molecule has 0 fully saturated rings. The molecule has 0 saturated carbocycles. The van der Waals surface area contributed by atoms with Crippen molar-refractivity contribution >= 4 is 0 Å². The van der Waals surface area contributed by atoms with Gasteiger partial charge >= 0.3 is 0 Å². The second-order valence-electron chi connectivity index (χ2n) is 3.44. The zero-order chi connectivity index (χ0) is 11.1. The van der Waals surface area contributed by atoms with E-state index in [-0.39, 0.29) is 6.04 Å². The van der Waals surface area contributed by atoms with Crippen molar-refractivity contribution in [3.05, 3.63) is 29.8 Å². The summed E-state index contributed by atoms with van der Waals surface area (Å²) in [4.78, 5) is 0. The van der Waals surface area contributed by atoms with Gasteiger partial charge in [-0.3, -0.25) is 0 Å². The van der Waals surface area contributed by atoms with E-state index in [1.54, 1.807) is 7.11 Å². The predicted octanol–water partition coefficient (Wildman–Crippen LogP) is 1.85. The molecule has 15 heavy (non-hydrogen) atoms. The Kier molecular flexibility index (Phi) is 4.73. The molecule has 0 bridgehead atoms. The highest BCUT2D eigenvalue weighted by Crippen LogP contribution is 2.11. The van der Waals surface area contributed by atoms with Crippen molar-refractivity contribution < 1.29 is 4.74 Å². The lowest BCUT2D eigenvalue weighted by Crippen LogP contribution is -2.26. The molecule has 0 aromatic heterocycles. The van der Waals surface area contributed by atoms with Gasteiger partial charge in [-0.2, -0.15) is 0 Å². The average Bonchev–Trinajstić information content (AvgIpc) is 2.29. The third kappa shape index (κ3) is 4.05. The number of ether oxygens (including phenoxy) is 1. The highest BCUT2D eigenvalue weighted by molar-refractivity contribution is 5.27. The first kappa shape index (κ1) is 11.6. The number of hydrogen-bond acceptors (Lipinski definition) is 2. The summed E-state index contributed by atoms with van der Waals surface area (Å²) in [6, 6.07) is 8.23. The first-order valence-corrected chi connectivity index (χ1v) is 5.08. The molecule has 2 heteroatoms. The average molecular weight is 203 g/mol. The van der Waals surface area contributed by atoms with E-state index in [1.807, 2.05) is 19.1 Å². The normalized spacial score (nSPS) is 11.8. The van der Waals surface area contributed by atoms with Crippen LogP contribution in [0.4, 0.5) is 0 Å². The molecule has 1 atom stereocenters. The van der Waals surface area contributed by atoms with E-state index >= 15 is 0 Å². The highest BCUT2D eigenvalue weighted by Gasteiger charge is 1.97. The number of terminal acetylenes is 1. The largest absolute Gasteiger partial charge is 0.497 e. The first-order valence-electron chi connectivity index (χ1n) is 5.08. The molecule has 0 saturated heterocycles. The predicted molar refractivity (Wildman–Crippen MR) is 63.0 cm³/mol. The van der Waals surface area contributed by atoms with Gasteiger partial charge in [0.2, 0.25) is 0 Å². The molecule has 2 nitrogen and oxygen atoms in total. The summed E-state index contributed by atoms with van der Waals surface area (Å²) in [5, 5.41) is 3.24. The number of benzene rings is 1. The van der Waals surface area contributed by atoms with Crippen LogP contribution in [0.3, 0.4) is 0 Å². The lowest BCUT2D eigenvalue weighted by atomic mass is 10.1. The van der Waals surface area contributed by atoms with Crippen LogP contribution in [0.25, 0.3) is 0 Å². The van der Waals surface area contributed by atoms with Crippen LogP contribution in [0.5, 0.6) is 5.75 Å². The Labute approximate surface area is 91.6 Å². The zero-order valence-corrected chi connectivity index (χ0v) is 9.29. The van der Waals surface area contributed by atoms with Crippen molar-refractivity contribution in [2.45, 2.75) is 19.4 Å². The van der Waals surface area contributed by atoms with E-state index in [0.717, 1.165) is 18.7 Å². The van der Waals surface area contributed by atoms with Gasteiger partial charge in [-0.05, 0) is 31.0 Å². The summed E-state index contributed by atoms with van der Waals surface area (Å²) in [5.74, 6) is 3.53. The van der Waals surface area contributed by atoms with Gasteiger partial charge in [0.25, 0.3) is 0 Å². The van der Waals surface area contributed by atoms with Gasteiger partial charge in [0.15, 0.2) is 0 Å². The van der Waals surface area contributed by atoms with E-state index < -0.39 is 0 Å². The minimum Gasteiger partial charge on any atom is -0.497 e. The van der Waals surface area contributed by atoms with Crippen LogP contribution in [-0.2, 0) is 6.42 Å². The van der Waals surface area contributed by atoms with E-state index in [1.165, 1.54) is 5.56 Å². The Morgan fingerprint density at radius 3 is 2.60 bits per heavy atom. The summed E-state index contributed by atoms with van der Waals surface area (Å²) in [7, 11) is 1.67. The molecular formula is C13H17NO. The smallest absolute Gasteiger partial charge is 0.118 e. The molecule has 1 N–H and O–H groups in total. The number of methoxy groups -OCH3 is 1. The zero-order valence-electron chi connectivity index (χ0n) is 9.29. The molecule has 0 aliphatic rings. The molecule has 80 valence electrons. The van der Waals surface area contributed by atoms with Gasteiger partial charge in [0.1, 0.15) is 5.75 Å². The molecule has 0 aliphatic heterocycles. The molecule has 0 heterocycles. The van der Waals surface area contributed by atoms with E-state index in [0.29, 0.717) is 0 Å². The third-order valence-corrected chi connectivity index (χ3v) is 2.27. The highest BCUT2D eigenvalue weighted by atomic mass is 16.5. The Balaban J connectivity index is 2.35. The van der Waals surface area contributed by atoms with Crippen LogP contribution in [0.1, 0.15) is 12.5 Å². The number of hydrogen-bond donors (Lipinski definition) is 1. The first-order chi connectivity index (χ1) is 7.26. The maximum atomic E-state index is 5.26. The summed E-state index contributed by atoms with van der Waals surface area (Å²) >= 11 is 0. The minimum absolute atomic E-state index is 0.142. The summed E-state index contributed by atoms with van der Waals surface area (Å²) in [5.41, 5.74) is 1.28. The van der Waals surface area contributed by atoms with Crippen molar-refractivity contribution in [3.63, 3.8) is 0 Å². The van der Waals surface area contributed by atoms with Gasteiger partial charge < -0.3 is 10.1 Å². The second-order valence-corrected chi connectivity index (χ2v) is 3.44. The second kappa shape index (κ2) is 6.10. The maximum absolute atomic E-state index is 5.26. The summed E-state index contributed by atoms with van der Waals surface area (Å²) < 4.78 is 5.09. The van der Waals surface area contributed by atoms with Gasteiger partial charge in [0.05, 0.1) is 13.2 Å². The van der Waals surface area contributed by atoms with Crippen LogP contribution < -0.4 is 10.1 Å². The molecule has 0 aliphatic carbocycles. The van der Waals surface area contributed by atoms with Crippen molar-refractivity contribution in [2.75, 3.05) is 13.7 Å². The fraction of sp³-hybridized carbons (Fsp3) is 0.385. The van der Waals surface area contributed by atoms with Crippen LogP contribution in [0.2, 0.25) is 0 Å². The Bertz CT molecular complexity index is 323. The molecule has 0 spiro atoms.